The standard InChI is InChI=1S/C18H16ClNO5/c19-13-5-3-4-12(8-13)18(22)24-11-17(21)20-9-14-10-23-15-6-1-2-7-16(15)25-14/h1-8,14H,9-11H2,(H,20,21)/t14-/m1/s1. The Balaban J connectivity index is 1.42. The molecule has 1 heterocycles. The summed E-state index contributed by atoms with van der Waals surface area (Å²) in [6.45, 7) is 0.205. The number of fused-ring (bicyclic) bond motifs is 1. The summed E-state index contributed by atoms with van der Waals surface area (Å²) in [6, 6.07) is 13.7. The van der Waals surface area contributed by atoms with Gasteiger partial charge >= 0.3 is 5.97 Å². The fraction of sp³-hybridized carbons (Fsp3) is 0.222. The van der Waals surface area contributed by atoms with E-state index in [-0.39, 0.29) is 19.3 Å². The van der Waals surface area contributed by atoms with Crippen LogP contribution in [0.3, 0.4) is 0 Å². The minimum atomic E-state index is -0.608. The average Bonchev–Trinajstić information content (AvgIpc) is 2.64. The highest BCUT2D eigenvalue weighted by Crippen LogP contribution is 2.30. The van der Waals surface area contributed by atoms with Gasteiger partial charge in [0.05, 0.1) is 12.1 Å². The molecule has 7 heteroatoms. The zero-order valence-corrected chi connectivity index (χ0v) is 14.0. The number of carbonyl (C=O) groups is 2. The number of halogens is 1. The molecule has 0 spiro atoms. The Labute approximate surface area is 149 Å². The molecule has 0 fully saturated rings. The van der Waals surface area contributed by atoms with Gasteiger partial charge in [0.25, 0.3) is 5.91 Å². The lowest BCUT2D eigenvalue weighted by molar-refractivity contribution is -0.124. The summed E-state index contributed by atoms with van der Waals surface area (Å²) in [6.07, 6.45) is -0.303. The number of para-hydroxylation sites is 2. The van der Waals surface area contributed by atoms with Gasteiger partial charge in [-0.05, 0) is 30.3 Å². The van der Waals surface area contributed by atoms with Crippen molar-refractivity contribution in [2.75, 3.05) is 19.8 Å². The molecule has 1 atom stereocenters. The van der Waals surface area contributed by atoms with E-state index in [0.717, 1.165) is 0 Å². The first-order chi connectivity index (χ1) is 12.1. The minimum Gasteiger partial charge on any atom is -0.486 e. The van der Waals surface area contributed by atoms with Gasteiger partial charge in [-0.25, -0.2) is 4.79 Å². The molecule has 0 bridgehead atoms. The Kier molecular flexibility index (Phi) is 5.40. The van der Waals surface area contributed by atoms with Gasteiger partial charge in [0, 0.05) is 5.02 Å². The predicted octanol–water partition coefficient (Wildman–Crippen LogP) is 2.45. The second kappa shape index (κ2) is 7.90. The van der Waals surface area contributed by atoms with Crippen LogP contribution in [0.25, 0.3) is 0 Å². The first-order valence-corrected chi connectivity index (χ1v) is 8.07. The number of rotatable bonds is 5. The van der Waals surface area contributed by atoms with Gasteiger partial charge in [0.1, 0.15) is 12.7 Å². The number of carbonyl (C=O) groups excluding carboxylic acids is 2. The lowest BCUT2D eigenvalue weighted by Gasteiger charge is -2.26. The first-order valence-electron chi connectivity index (χ1n) is 7.69. The van der Waals surface area contributed by atoms with Crippen molar-refractivity contribution in [2.24, 2.45) is 0 Å². The predicted molar refractivity (Wildman–Crippen MR) is 91.1 cm³/mol. The maximum atomic E-state index is 11.8. The molecule has 0 aromatic heterocycles. The third-order valence-electron chi connectivity index (χ3n) is 3.49. The van der Waals surface area contributed by atoms with E-state index in [1.165, 1.54) is 6.07 Å². The summed E-state index contributed by atoms with van der Waals surface area (Å²) in [5.41, 5.74) is 0.293. The summed E-state index contributed by atoms with van der Waals surface area (Å²) in [7, 11) is 0. The van der Waals surface area contributed by atoms with Gasteiger partial charge in [-0.2, -0.15) is 0 Å². The van der Waals surface area contributed by atoms with E-state index in [1.54, 1.807) is 24.3 Å². The molecule has 1 aliphatic heterocycles. The molecule has 0 radical (unpaired) electrons. The Morgan fingerprint density at radius 1 is 1.16 bits per heavy atom. The summed E-state index contributed by atoms with van der Waals surface area (Å²) in [4.78, 5) is 23.7. The van der Waals surface area contributed by atoms with Crippen molar-refractivity contribution in [3.63, 3.8) is 0 Å². The van der Waals surface area contributed by atoms with Gasteiger partial charge in [-0.3, -0.25) is 4.79 Å². The second-order valence-corrected chi connectivity index (χ2v) is 5.82. The van der Waals surface area contributed by atoms with Crippen molar-refractivity contribution < 1.29 is 23.8 Å². The third kappa shape index (κ3) is 4.64. The number of hydrogen-bond acceptors (Lipinski definition) is 5. The maximum absolute atomic E-state index is 11.8. The molecular weight excluding hydrogens is 346 g/mol. The second-order valence-electron chi connectivity index (χ2n) is 5.39. The number of hydrogen-bond donors (Lipinski definition) is 1. The van der Waals surface area contributed by atoms with Crippen LogP contribution in [0.4, 0.5) is 0 Å². The Morgan fingerprint density at radius 2 is 1.96 bits per heavy atom. The highest BCUT2D eigenvalue weighted by Gasteiger charge is 2.21. The van der Waals surface area contributed by atoms with Gasteiger partial charge in [-0.15, -0.1) is 0 Å². The number of esters is 1. The summed E-state index contributed by atoms with van der Waals surface area (Å²) < 4.78 is 16.2. The lowest BCUT2D eigenvalue weighted by Crippen LogP contribution is -2.42. The number of amides is 1. The fourth-order valence-electron chi connectivity index (χ4n) is 2.27. The first kappa shape index (κ1) is 17.1. The molecule has 0 saturated carbocycles. The van der Waals surface area contributed by atoms with E-state index in [0.29, 0.717) is 28.7 Å². The van der Waals surface area contributed by atoms with Crippen molar-refractivity contribution >= 4 is 23.5 Å². The summed E-state index contributed by atoms with van der Waals surface area (Å²) in [5, 5.41) is 3.08. The van der Waals surface area contributed by atoms with Crippen LogP contribution < -0.4 is 14.8 Å². The molecule has 2 aromatic rings. The molecule has 1 amide bonds. The lowest BCUT2D eigenvalue weighted by atomic mass is 10.2. The van der Waals surface area contributed by atoms with Crippen molar-refractivity contribution in [3.05, 3.63) is 59.1 Å². The Morgan fingerprint density at radius 3 is 2.76 bits per heavy atom. The molecular formula is C18H16ClNO5. The van der Waals surface area contributed by atoms with Crippen molar-refractivity contribution in [1.29, 1.82) is 0 Å². The smallest absolute Gasteiger partial charge is 0.338 e. The molecule has 6 nitrogen and oxygen atoms in total. The number of ether oxygens (including phenoxy) is 3. The van der Waals surface area contributed by atoms with Crippen LogP contribution in [0.15, 0.2) is 48.5 Å². The van der Waals surface area contributed by atoms with Crippen LogP contribution in [-0.2, 0) is 9.53 Å². The highest BCUT2D eigenvalue weighted by molar-refractivity contribution is 6.30. The van der Waals surface area contributed by atoms with Crippen molar-refractivity contribution in [3.8, 4) is 11.5 Å². The van der Waals surface area contributed by atoms with Crippen LogP contribution in [-0.4, -0.2) is 37.7 Å². The van der Waals surface area contributed by atoms with E-state index in [4.69, 9.17) is 25.8 Å². The van der Waals surface area contributed by atoms with Crippen LogP contribution in [0.2, 0.25) is 5.02 Å². The van der Waals surface area contributed by atoms with E-state index in [1.807, 2.05) is 18.2 Å². The summed E-state index contributed by atoms with van der Waals surface area (Å²) in [5.74, 6) is 0.294. The number of nitrogens with one attached hydrogen (secondary N) is 1. The van der Waals surface area contributed by atoms with Crippen LogP contribution in [0, 0.1) is 0 Å². The largest absolute Gasteiger partial charge is 0.486 e. The highest BCUT2D eigenvalue weighted by atomic mass is 35.5. The zero-order valence-electron chi connectivity index (χ0n) is 13.2. The van der Waals surface area contributed by atoms with E-state index in [9.17, 15) is 9.59 Å². The minimum absolute atomic E-state index is 0.252. The molecule has 2 aromatic carbocycles. The van der Waals surface area contributed by atoms with Gasteiger partial charge in [0.15, 0.2) is 18.1 Å². The molecule has 0 saturated heterocycles. The summed E-state index contributed by atoms with van der Waals surface area (Å²) >= 11 is 5.81. The van der Waals surface area contributed by atoms with Crippen molar-refractivity contribution in [1.82, 2.24) is 5.32 Å². The molecule has 130 valence electrons. The Bertz CT molecular complexity index is 780. The zero-order chi connectivity index (χ0) is 17.6. The van der Waals surface area contributed by atoms with E-state index in [2.05, 4.69) is 5.32 Å². The average molecular weight is 362 g/mol. The molecule has 0 unspecified atom stereocenters. The molecule has 25 heavy (non-hydrogen) atoms. The Hall–Kier alpha value is -2.73. The quantitative estimate of drug-likeness (QED) is 0.828. The molecule has 0 aliphatic carbocycles. The van der Waals surface area contributed by atoms with E-state index >= 15 is 0 Å². The van der Waals surface area contributed by atoms with Crippen LogP contribution in [0.5, 0.6) is 11.5 Å². The molecule has 3 rings (SSSR count). The fourth-order valence-corrected chi connectivity index (χ4v) is 2.46. The van der Waals surface area contributed by atoms with Crippen LogP contribution >= 0.6 is 11.6 Å². The van der Waals surface area contributed by atoms with Crippen molar-refractivity contribution in [2.45, 2.75) is 6.10 Å². The molecule has 1 N–H and O–H groups in total. The van der Waals surface area contributed by atoms with E-state index < -0.39 is 11.9 Å². The van der Waals surface area contributed by atoms with Gasteiger partial charge < -0.3 is 19.5 Å². The van der Waals surface area contributed by atoms with Gasteiger partial charge in [0.2, 0.25) is 0 Å². The van der Waals surface area contributed by atoms with Gasteiger partial charge in [-0.1, -0.05) is 29.8 Å². The third-order valence-corrected chi connectivity index (χ3v) is 3.72. The normalized spacial score (nSPS) is 15.3. The monoisotopic (exact) mass is 361 g/mol. The SMILES string of the molecule is O=C(COC(=O)c1cccc(Cl)c1)NC[C@@H]1COc2ccccc2O1. The maximum Gasteiger partial charge on any atom is 0.338 e. The molecule has 1 aliphatic rings. The topological polar surface area (TPSA) is 73.9 Å². The van der Waals surface area contributed by atoms with Crippen LogP contribution in [0.1, 0.15) is 10.4 Å². The number of benzene rings is 2.